The van der Waals surface area contributed by atoms with Gasteiger partial charge in [0, 0.05) is 36.2 Å². The van der Waals surface area contributed by atoms with E-state index in [1.165, 1.54) is 5.56 Å². The number of anilines is 1. The molecule has 1 aliphatic rings. The van der Waals surface area contributed by atoms with E-state index in [1.807, 2.05) is 24.3 Å². The van der Waals surface area contributed by atoms with Crippen molar-refractivity contribution in [1.29, 1.82) is 0 Å². The quantitative estimate of drug-likeness (QED) is 0.520. The molecule has 138 valence electrons. The lowest BCUT2D eigenvalue weighted by Gasteiger charge is -2.14. The normalized spacial score (nSPS) is 17.8. The largest absolute Gasteiger partial charge is 0.392 e. The van der Waals surface area contributed by atoms with Gasteiger partial charge in [-0.3, -0.25) is 15.3 Å². The molecule has 1 atom stereocenters. The lowest BCUT2D eigenvalue weighted by Crippen LogP contribution is -2.21. The number of hydrogen-bond donors (Lipinski definition) is 2. The molecule has 3 aromatic rings. The standard InChI is InChI=1S/C21H21ClN4O/c22-17-5-6-19-20(7-9-23-21(19)11-17)25-24-12-15-1-3-16(4-2-15)13-26-10-8-18(27)14-26/h1-7,9,11-12,18,27H,8,10,13-14H2,(H,23,25)/b24-12+. The van der Waals surface area contributed by atoms with E-state index in [0.717, 1.165) is 48.2 Å². The maximum Gasteiger partial charge on any atom is 0.0738 e. The van der Waals surface area contributed by atoms with Crippen molar-refractivity contribution in [2.45, 2.75) is 19.1 Å². The number of hydrazone groups is 1. The van der Waals surface area contributed by atoms with Crippen LogP contribution in [0.1, 0.15) is 17.5 Å². The summed E-state index contributed by atoms with van der Waals surface area (Å²) in [6.45, 7) is 2.59. The minimum Gasteiger partial charge on any atom is -0.392 e. The number of halogens is 1. The van der Waals surface area contributed by atoms with E-state index in [4.69, 9.17) is 11.6 Å². The molecule has 2 heterocycles. The highest BCUT2D eigenvalue weighted by molar-refractivity contribution is 6.31. The average molecular weight is 381 g/mol. The molecule has 0 spiro atoms. The molecule has 5 nitrogen and oxygen atoms in total. The molecule has 0 aliphatic carbocycles. The van der Waals surface area contributed by atoms with Crippen molar-refractivity contribution < 1.29 is 5.11 Å². The number of aromatic nitrogens is 1. The lowest BCUT2D eigenvalue weighted by molar-refractivity contribution is 0.175. The minimum atomic E-state index is -0.178. The van der Waals surface area contributed by atoms with E-state index in [1.54, 1.807) is 12.4 Å². The van der Waals surface area contributed by atoms with Gasteiger partial charge in [0.25, 0.3) is 0 Å². The van der Waals surface area contributed by atoms with Gasteiger partial charge in [-0.1, -0.05) is 35.9 Å². The molecular weight excluding hydrogens is 360 g/mol. The van der Waals surface area contributed by atoms with Crippen LogP contribution < -0.4 is 5.43 Å². The highest BCUT2D eigenvalue weighted by Gasteiger charge is 2.19. The second-order valence-corrected chi connectivity index (χ2v) is 7.25. The lowest BCUT2D eigenvalue weighted by atomic mass is 10.1. The highest BCUT2D eigenvalue weighted by Crippen LogP contribution is 2.24. The average Bonchev–Trinajstić information content (AvgIpc) is 3.08. The van der Waals surface area contributed by atoms with Crippen molar-refractivity contribution >= 4 is 34.4 Å². The summed E-state index contributed by atoms with van der Waals surface area (Å²) in [5, 5.41) is 15.6. The molecular formula is C21H21ClN4O. The van der Waals surface area contributed by atoms with Gasteiger partial charge in [0.15, 0.2) is 0 Å². The summed E-state index contributed by atoms with van der Waals surface area (Å²) in [4.78, 5) is 6.60. The Morgan fingerprint density at radius 3 is 2.85 bits per heavy atom. The minimum absolute atomic E-state index is 0.178. The molecule has 1 unspecified atom stereocenters. The fourth-order valence-corrected chi connectivity index (χ4v) is 3.48. The Morgan fingerprint density at radius 2 is 2.07 bits per heavy atom. The molecule has 4 rings (SSSR count). The highest BCUT2D eigenvalue weighted by atomic mass is 35.5. The summed E-state index contributed by atoms with van der Waals surface area (Å²) >= 11 is 6.02. The first kappa shape index (κ1) is 17.9. The second-order valence-electron chi connectivity index (χ2n) is 6.81. The molecule has 0 amide bonds. The third-order valence-corrected chi connectivity index (χ3v) is 4.97. The topological polar surface area (TPSA) is 60.8 Å². The number of nitrogens with zero attached hydrogens (tertiary/aromatic N) is 3. The zero-order chi connectivity index (χ0) is 18.6. The number of pyridine rings is 1. The zero-order valence-corrected chi connectivity index (χ0v) is 15.6. The molecule has 2 N–H and O–H groups in total. The Hall–Kier alpha value is -2.47. The van der Waals surface area contributed by atoms with E-state index in [2.05, 4.69) is 44.7 Å². The summed E-state index contributed by atoms with van der Waals surface area (Å²) in [5.41, 5.74) is 7.07. The van der Waals surface area contributed by atoms with Crippen LogP contribution in [0.5, 0.6) is 0 Å². The maximum atomic E-state index is 9.62. The summed E-state index contributed by atoms with van der Waals surface area (Å²) < 4.78 is 0. The fourth-order valence-electron chi connectivity index (χ4n) is 3.32. The van der Waals surface area contributed by atoms with Gasteiger partial charge in [-0.2, -0.15) is 5.10 Å². The summed E-state index contributed by atoms with van der Waals surface area (Å²) in [6, 6.07) is 15.8. The van der Waals surface area contributed by atoms with Gasteiger partial charge in [-0.15, -0.1) is 0 Å². The number of aliphatic hydroxyl groups excluding tert-OH is 1. The van der Waals surface area contributed by atoms with Crippen LogP contribution in [0.2, 0.25) is 5.02 Å². The number of aliphatic hydroxyl groups is 1. The number of nitrogens with one attached hydrogen (secondary N) is 1. The molecule has 1 saturated heterocycles. The van der Waals surface area contributed by atoms with Gasteiger partial charge in [0.05, 0.1) is 23.5 Å². The smallest absolute Gasteiger partial charge is 0.0738 e. The third kappa shape index (κ3) is 4.45. The van der Waals surface area contributed by atoms with Gasteiger partial charge in [0.1, 0.15) is 0 Å². The Balaban J connectivity index is 1.40. The van der Waals surface area contributed by atoms with Crippen molar-refractivity contribution in [2.75, 3.05) is 18.5 Å². The Labute approximate surface area is 163 Å². The Morgan fingerprint density at radius 1 is 1.22 bits per heavy atom. The van der Waals surface area contributed by atoms with Crippen molar-refractivity contribution in [3.63, 3.8) is 0 Å². The van der Waals surface area contributed by atoms with Gasteiger partial charge >= 0.3 is 0 Å². The number of fused-ring (bicyclic) bond motifs is 1. The van der Waals surface area contributed by atoms with Crippen LogP contribution in [-0.4, -0.2) is 40.4 Å². The SMILES string of the molecule is OC1CCN(Cc2ccc(/C=N/Nc3ccnc4cc(Cl)ccc34)cc2)C1. The van der Waals surface area contributed by atoms with Gasteiger partial charge in [-0.05, 0) is 41.8 Å². The summed E-state index contributed by atoms with van der Waals surface area (Å²) in [5.74, 6) is 0. The molecule has 6 heteroatoms. The van der Waals surface area contributed by atoms with Gasteiger partial charge in [-0.25, -0.2) is 0 Å². The monoisotopic (exact) mass is 380 g/mol. The molecule has 0 radical (unpaired) electrons. The molecule has 27 heavy (non-hydrogen) atoms. The molecule has 1 aromatic heterocycles. The molecule has 0 saturated carbocycles. The zero-order valence-electron chi connectivity index (χ0n) is 14.8. The van der Waals surface area contributed by atoms with Gasteiger partial charge in [0.2, 0.25) is 0 Å². The van der Waals surface area contributed by atoms with Crippen LogP contribution in [0.25, 0.3) is 10.9 Å². The van der Waals surface area contributed by atoms with E-state index < -0.39 is 0 Å². The van der Waals surface area contributed by atoms with Crippen LogP contribution in [0.15, 0.2) is 59.8 Å². The number of benzene rings is 2. The number of hydrogen-bond acceptors (Lipinski definition) is 5. The molecule has 2 aromatic carbocycles. The number of β-amino-alcohol motifs (C(OH)–C–C–N with tert-alkyl or cyclic N) is 1. The molecule has 0 bridgehead atoms. The van der Waals surface area contributed by atoms with Crippen LogP contribution in [0, 0.1) is 0 Å². The predicted octanol–water partition coefficient (Wildman–Crippen LogP) is 3.90. The van der Waals surface area contributed by atoms with Crippen molar-refractivity contribution in [3.8, 4) is 0 Å². The maximum absolute atomic E-state index is 9.62. The number of rotatable bonds is 5. The number of likely N-dealkylation sites (tertiary alicyclic amines) is 1. The first-order valence-corrected chi connectivity index (χ1v) is 9.38. The molecule has 1 fully saturated rings. The van der Waals surface area contributed by atoms with E-state index >= 15 is 0 Å². The second kappa shape index (κ2) is 8.05. The summed E-state index contributed by atoms with van der Waals surface area (Å²) in [7, 11) is 0. The van der Waals surface area contributed by atoms with Gasteiger partial charge < -0.3 is 5.11 Å². The Bertz CT molecular complexity index is 958. The van der Waals surface area contributed by atoms with E-state index in [0.29, 0.717) is 5.02 Å². The summed E-state index contributed by atoms with van der Waals surface area (Å²) in [6.07, 6.45) is 4.22. The van der Waals surface area contributed by atoms with Crippen LogP contribution in [0.4, 0.5) is 5.69 Å². The first-order valence-electron chi connectivity index (χ1n) is 9.00. The van der Waals surface area contributed by atoms with Crippen molar-refractivity contribution in [2.24, 2.45) is 5.10 Å². The fraction of sp³-hybridized carbons (Fsp3) is 0.238. The Kier molecular flexibility index (Phi) is 5.34. The van der Waals surface area contributed by atoms with E-state index in [9.17, 15) is 5.11 Å². The predicted molar refractivity (Wildman–Crippen MR) is 110 cm³/mol. The first-order chi connectivity index (χ1) is 13.2. The van der Waals surface area contributed by atoms with Crippen LogP contribution >= 0.6 is 11.6 Å². The van der Waals surface area contributed by atoms with Crippen LogP contribution in [-0.2, 0) is 6.54 Å². The third-order valence-electron chi connectivity index (χ3n) is 4.74. The molecule has 1 aliphatic heterocycles. The van der Waals surface area contributed by atoms with Crippen molar-refractivity contribution in [3.05, 3.63) is 70.9 Å². The van der Waals surface area contributed by atoms with E-state index in [-0.39, 0.29) is 6.10 Å². The van der Waals surface area contributed by atoms with Crippen LogP contribution in [0.3, 0.4) is 0 Å². The van der Waals surface area contributed by atoms with Crippen molar-refractivity contribution in [1.82, 2.24) is 9.88 Å².